The number of carbonyl (C=O) groups is 2. The second-order valence-corrected chi connectivity index (χ2v) is 8.29. The van der Waals surface area contributed by atoms with E-state index in [0.717, 1.165) is 30.5 Å². The van der Waals surface area contributed by atoms with E-state index in [9.17, 15) is 9.59 Å². The Morgan fingerprint density at radius 1 is 1.22 bits per heavy atom. The molecule has 1 aromatic heterocycles. The van der Waals surface area contributed by atoms with Crippen LogP contribution in [0.1, 0.15) is 76.2 Å². The first-order valence-corrected chi connectivity index (χ1v) is 10.0. The quantitative estimate of drug-likeness (QED) is 0.735. The van der Waals surface area contributed by atoms with E-state index >= 15 is 0 Å². The van der Waals surface area contributed by atoms with E-state index in [4.69, 9.17) is 16.3 Å². The molecule has 0 amide bonds. The standard InChI is InChI=1S/C22H24ClNO3/c1-12-6-5-9-19(12)27-22(26)21-13(2)20-17(24-21)10-14(11-18(20)25)15-7-3-4-8-16(15)23/h3-4,7-8,12,14,19,24H,5-6,9-11H2,1-2H3/t12-,14-,19-/m1/s1. The average Bonchev–Trinajstić information content (AvgIpc) is 3.19. The van der Waals surface area contributed by atoms with Gasteiger partial charge in [-0.2, -0.15) is 0 Å². The Morgan fingerprint density at radius 2 is 2.00 bits per heavy atom. The van der Waals surface area contributed by atoms with Crippen molar-refractivity contribution in [2.75, 3.05) is 0 Å². The first-order valence-electron chi connectivity index (χ1n) is 9.65. The van der Waals surface area contributed by atoms with E-state index < -0.39 is 0 Å². The minimum atomic E-state index is -0.345. The van der Waals surface area contributed by atoms with Gasteiger partial charge in [0.1, 0.15) is 11.8 Å². The summed E-state index contributed by atoms with van der Waals surface area (Å²) in [5.74, 6) is 0.131. The number of hydrogen-bond acceptors (Lipinski definition) is 3. The highest BCUT2D eigenvalue weighted by molar-refractivity contribution is 6.31. The third kappa shape index (κ3) is 3.31. The maximum absolute atomic E-state index is 12.8. The van der Waals surface area contributed by atoms with Crippen LogP contribution in [0.15, 0.2) is 24.3 Å². The number of H-pyrrole nitrogens is 1. The average molecular weight is 386 g/mol. The lowest BCUT2D eigenvalue weighted by Crippen LogP contribution is -2.21. The molecule has 1 saturated carbocycles. The van der Waals surface area contributed by atoms with Gasteiger partial charge in [-0.15, -0.1) is 0 Å². The summed E-state index contributed by atoms with van der Waals surface area (Å²) in [7, 11) is 0. The summed E-state index contributed by atoms with van der Waals surface area (Å²) < 4.78 is 5.73. The molecule has 2 aliphatic rings. The minimum Gasteiger partial charge on any atom is -0.457 e. The highest BCUT2D eigenvalue weighted by Gasteiger charge is 2.34. The van der Waals surface area contributed by atoms with Crippen LogP contribution in [-0.4, -0.2) is 22.8 Å². The van der Waals surface area contributed by atoms with Gasteiger partial charge < -0.3 is 9.72 Å². The molecule has 0 aliphatic heterocycles. The Bertz CT molecular complexity index is 901. The monoisotopic (exact) mass is 385 g/mol. The van der Waals surface area contributed by atoms with E-state index in [2.05, 4.69) is 11.9 Å². The van der Waals surface area contributed by atoms with E-state index in [1.165, 1.54) is 0 Å². The van der Waals surface area contributed by atoms with Crippen molar-refractivity contribution in [3.8, 4) is 0 Å². The highest BCUT2D eigenvalue weighted by atomic mass is 35.5. The summed E-state index contributed by atoms with van der Waals surface area (Å²) in [6, 6.07) is 7.64. The molecule has 4 nitrogen and oxygen atoms in total. The molecule has 0 unspecified atom stereocenters. The molecule has 0 radical (unpaired) electrons. The smallest absolute Gasteiger partial charge is 0.355 e. The van der Waals surface area contributed by atoms with Gasteiger partial charge in [-0.1, -0.05) is 36.7 Å². The number of ketones is 1. The normalized spacial score (nSPS) is 24.7. The molecule has 0 spiro atoms. The third-order valence-electron chi connectivity index (χ3n) is 6.08. The van der Waals surface area contributed by atoms with Gasteiger partial charge in [-0.25, -0.2) is 4.79 Å². The van der Waals surface area contributed by atoms with Crippen LogP contribution in [0, 0.1) is 12.8 Å². The number of halogens is 1. The Labute approximate surface area is 164 Å². The van der Waals surface area contributed by atoms with Crippen LogP contribution in [-0.2, 0) is 11.2 Å². The number of hydrogen-bond donors (Lipinski definition) is 1. The molecule has 3 atom stereocenters. The zero-order chi connectivity index (χ0) is 19.1. The topological polar surface area (TPSA) is 59.2 Å². The molecule has 2 aliphatic carbocycles. The van der Waals surface area contributed by atoms with Gasteiger partial charge in [-0.3, -0.25) is 4.79 Å². The molecule has 142 valence electrons. The van der Waals surface area contributed by atoms with Crippen LogP contribution in [0.25, 0.3) is 0 Å². The van der Waals surface area contributed by atoms with Crippen LogP contribution >= 0.6 is 11.6 Å². The van der Waals surface area contributed by atoms with Gasteiger partial charge in [0.25, 0.3) is 0 Å². The summed E-state index contributed by atoms with van der Waals surface area (Å²) >= 11 is 6.33. The van der Waals surface area contributed by atoms with Gasteiger partial charge in [-0.05, 0) is 61.6 Å². The number of aromatic nitrogens is 1. The van der Waals surface area contributed by atoms with E-state index in [1.54, 1.807) is 0 Å². The minimum absolute atomic E-state index is 0.0236. The number of carbonyl (C=O) groups excluding carboxylic acids is 2. The molecule has 1 aromatic carbocycles. The summed E-state index contributed by atoms with van der Waals surface area (Å²) in [4.78, 5) is 28.7. The second kappa shape index (κ2) is 7.16. The maximum atomic E-state index is 12.8. The van der Waals surface area contributed by atoms with Crippen LogP contribution in [0.3, 0.4) is 0 Å². The molecule has 5 heteroatoms. The molecule has 0 bridgehead atoms. The van der Waals surface area contributed by atoms with E-state index in [0.29, 0.717) is 40.6 Å². The Morgan fingerprint density at radius 3 is 2.70 bits per heavy atom. The molecule has 1 N–H and O–H groups in total. The van der Waals surface area contributed by atoms with Crippen molar-refractivity contribution < 1.29 is 14.3 Å². The lowest BCUT2D eigenvalue weighted by Gasteiger charge is -2.22. The lowest BCUT2D eigenvalue weighted by atomic mass is 9.81. The lowest BCUT2D eigenvalue weighted by molar-refractivity contribution is 0.0219. The Kier molecular flexibility index (Phi) is 4.85. The van der Waals surface area contributed by atoms with Crippen molar-refractivity contribution in [1.29, 1.82) is 0 Å². The third-order valence-corrected chi connectivity index (χ3v) is 6.42. The fourth-order valence-electron chi connectivity index (χ4n) is 4.55. The molecule has 4 rings (SSSR count). The van der Waals surface area contributed by atoms with Crippen molar-refractivity contribution >= 4 is 23.4 Å². The van der Waals surface area contributed by atoms with Gasteiger partial charge in [0.05, 0.1) is 0 Å². The van der Waals surface area contributed by atoms with Gasteiger partial charge in [0.2, 0.25) is 0 Å². The van der Waals surface area contributed by atoms with Crippen LogP contribution in [0.2, 0.25) is 5.02 Å². The fourth-order valence-corrected chi connectivity index (χ4v) is 4.84. The summed E-state index contributed by atoms with van der Waals surface area (Å²) in [6.45, 7) is 3.95. The molecule has 2 aromatic rings. The van der Waals surface area contributed by atoms with Crippen LogP contribution < -0.4 is 0 Å². The number of esters is 1. The predicted octanol–water partition coefficient (Wildman–Crippen LogP) is 5.23. The van der Waals surface area contributed by atoms with E-state index in [1.807, 2.05) is 31.2 Å². The first kappa shape index (κ1) is 18.3. The van der Waals surface area contributed by atoms with Gasteiger partial charge in [0.15, 0.2) is 5.78 Å². The number of nitrogens with one attached hydrogen (secondary N) is 1. The number of benzene rings is 1. The SMILES string of the molecule is Cc1c(C(=O)O[C@@H]2CCC[C@H]2C)[nH]c2c1C(=O)C[C@H](c1ccccc1Cl)C2. The van der Waals surface area contributed by atoms with Crippen molar-refractivity contribution in [3.63, 3.8) is 0 Å². The Balaban J connectivity index is 1.60. The fraction of sp³-hybridized carbons (Fsp3) is 0.455. The molecular weight excluding hydrogens is 362 g/mol. The van der Waals surface area contributed by atoms with E-state index in [-0.39, 0.29) is 23.8 Å². The summed E-state index contributed by atoms with van der Waals surface area (Å²) in [5, 5.41) is 0.678. The Hall–Kier alpha value is -2.07. The number of rotatable bonds is 3. The van der Waals surface area contributed by atoms with Gasteiger partial charge in [0, 0.05) is 22.7 Å². The van der Waals surface area contributed by atoms with Crippen LogP contribution in [0.4, 0.5) is 0 Å². The molecule has 1 heterocycles. The van der Waals surface area contributed by atoms with Crippen LogP contribution in [0.5, 0.6) is 0 Å². The molecule has 27 heavy (non-hydrogen) atoms. The number of ether oxygens (including phenoxy) is 1. The van der Waals surface area contributed by atoms with Crippen molar-refractivity contribution in [1.82, 2.24) is 4.98 Å². The number of fused-ring (bicyclic) bond motifs is 1. The summed E-state index contributed by atoms with van der Waals surface area (Å²) in [6.07, 6.45) is 4.15. The highest BCUT2D eigenvalue weighted by Crippen LogP contribution is 2.38. The summed E-state index contributed by atoms with van der Waals surface area (Å²) in [5.41, 5.74) is 3.59. The number of aromatic amines is 1. The second-order valence-electron chi connectivity index (χ2n) is 7.88. The van der Waals surface area contributed by atoms with Crippen molar-refractivity contribution in [3.05, 3.63) is 57.4 Å². The maximum Gasteiger partial charge on any atom is 0.355 e. The van der Waals surface area contributed by atoms with Crippen molar-refractivity contribution in [2.45, 2.75) is 58.0 Å². The van der Waals surface area contributed by atoms with Crippen molar-refractivity contribution in [2.24, 2.45) is 5.92 Å². The molecule has 1 fully saturated rings. The molecule has 0 saturated heterocycles. The zero-order valence-electron chi connectivity index (χ0n) is 15.7. The zero-order valence-corrected chi connectivity index (χ0v) is 16.4. The largest absolute Gasteiger partial charge is 0.457 e. The predicted molar refractivity (Wildman–Crippen MR) is 105 cm³/mol. The first-order chi connectivity index (χ1) is 13.0. The molecular formula is C22H24ClNO3. The number of Topliss-reactive ketones (excluding diaryl/α,β-unsaturated/α-hetero) is 1. The van der Waals surface area contributed by atoms with Gasteiger partial charge >= 0.3 is 5.97 Å².